The van der Waals surface area contributed by atoms with Crippen molar-refractivity contribution < 1.29 is 9.90 Å². The van der Waals surface area contributed by atoms with E-state index >= 15 is 0 Å². The molecule has 0 aliphatic rings. The first-order chi connectivity index (χ1) is 8.15. The van der Waals surface area contributed by atoms with Gasteiger partial charge in [-0.15, -0.1) is 0 Å². The molecule has 0 amide bonds. The van der Waals surface area contributed by atoms with Crippen molar-refractivity contribution in [2.24, 2.45) is 0 Å². The summed E-state index contributed by atoms with van der Waals surface area (Å²) in [4.78, 5) is 12.8. The van der Waals surface area contributed by atoms with E-state index in [1.807, 2.05) is 12.1 Å². The molecular formula is C14H21NO2. The second-order valence-electron chi connectivity index (χ2n) is 4.27. The van der Waals surface area contributed by atoms with E-state index in [1.54, 1.807) is 0 Å². The predicted molar refractivity (Wildman–Crippen MR) is 70.6 cm³/mol. The van der Waals surface area contributed by atoms with E-state index in [0.29, 0.717) is 6.42 Å². The van der Waals surface area contributed by atoms with E-state index in [4.69, 9.17) is 5.11 Å². The van der Waals surface area contributed by atoms with Gasteiger partial charge in [-0.2, -0.15) is 0 Å². The van der Waals surface area contributed by atoms with Crippen LogP contribution in [0.15, 0.2) is 24.3 Å². The summed E-state index contributed by atoms with van der Waals surface area (Å²) in [5.74, 6) is -0.716. The first-order valence-corrected chi connectivity index (χ1v) is 6.17. The van der Waals surface area contributed by atoms with Crippen LogP contribution < -0.4 is 4.90 Å². The van der Waals surface area contributed by atoms with E-state index in [0.717, 1.165) is 19.5 Å². The zero-order chi connectivity index (χ0) is 12.7. The van der Waals surface area contributed by atoms with E-state index in [-0.39, 0.29) is 6.42 Å². The number of carbonyl (C=O) groups is 1. The number of benzene rings is 1. The molecule has 0 saturated carbocycles. The molecule has 1 N–H and O–H groups in total. The van der Waals surface area contributed by atoms with Crippen molar-refractivity contribution >= 4 is 11.7 Å². The van der Waals surface area contributed by atoms with Crippen LogP contribution in [0.2, 0.25) is 0 Å². The Morgan fingerprint density at radius 2 is 2.00 bits per heavy atom. The zero-order valence-electron chi connectivity index (χ0n) is 10.6. The molecule has 0 heterocycles. The standard InChI is InChI=1S/C14H21NO2/c1-3-10-15(11-6-9-14(16)17)13-8-5-4-7-12(13)2/h4-5,7-8H,3,6,9-11H2,1-2H3,(H,16,17). The summed E-state index contributed by atoms with van der Waals surface area (Å²) in [5, 5.41) is 8.66. The van der Waals surface area contributed by atoms with Gasteiger partial charge in [0.05, 0.1) is 0 Å². The molecule has 0 aliphatic heterocycles. The Morgan fingerprint density at radius 1 is 1.29 bits per heavy atom. The molecule has 0 bridgehead atoms. The van der Waals surface area contributed by atoms with Crippen molar-refractivity contribution in [1.82, 2.24) is 0 Å². The Labute approximate surface area is 103 Å². The maximum Gasteiger partial charge on any atom is 0.303 e. The molecular weight excluding hydrogens is 214 g/mol. The highest BCUT2D eigenvalue weighted by Gasteiger charge is 2.08. The molecule has 1 aromatic rings. The van der Waals surface area contributed by atoms with Crippen LogP contribution in [-0.4, -0.2) is 24.2 Å². The molecule has 0 radical (unpaired) electrons. The van der Waals surface area contributed by atoms with Gasteiger partial charge in [-0.25, -0.2) is 0 Å². The highest BCUT2D eigenvalue weighted by molar-refractivity contribution is 5.66. The van der Waals surface area contributed by atoms with Crippen LogP contribution in [0.25, 0.3) is 0 Å². The maximum atomic E-state index is 10.5. The largest absolute Gasteiger partial charge is 0.481 e. The number of aryl methyl sites for hydroxylation is 1. The van der Waals surface area contributed by atoms with E-state index < -0.39 is 5.97 Å². The molecule has 0 aromatic heterocycles. The van der Waals surface area contributed by atoms with E-state index in [1.165, 1.54) is 11.3 Å². The van der Waals surface area contributed by atoms with Crippen LogP contribution in [0.3, 0.4) is 0 Å². The van der Waals surface area contributed by atoms with Gasteiger partial charge in [-0.3, -0.25) is 4.79 Å². The molecule has 0 atom stereocenters. The average Bonchev–Trinajstić information content (AvgIpc) is 2.28. The lowest BCUT2D eigenvalue weighted by Gasteiger charge is -2.25. The van der Waals surface area contributed by atoms with Gasteiger partial charge in [0.25, 0.3) is 0 Å². The minimum Gasteiger partial charge on any atom is -0.481 e. The number of hydrogen-bond donors (Lipinski definition) is 1. The Balaban J connectivity index is 2.65. The number of carboxylic acid groups (broad SMARTS) is 1. The van der Waals surface area contributed by atoms with Crippen molar-refractivity contribution in [2.45, 2.75) is 33.1 Å². The molecule has 0 unspecified atom stereocenters. The fourth-order valence-corrected chi connectivity index (χ4v) is 1.96. The zero-order valence-corrected chi connectivity index (χ0v) is 10.6. The van der Waals surface area contributed by atoms with Gasteiger partial charge >= 0.3 is 5.97 Å². The fourth-order valence-electron chi connectivity index (χ4n) is 1.96. The summed E-state index contributed by atoms with van der Waals surface area (Å²) in [6.07, 6.45) is 2.01. The highest BCUT2D eigenvalue weighted by Crippen LogP contribution is 2.20. The maximum absolute atomic E-state index is 10.5. The number of aliphatic carboxylic acids is 1. The molecule has 0 saturated heterocycles. The van der Waals surface area contributed by atoms with Crippen LogP contribution in [0.4, 0.5) is 5.69 Å². The molecule has 3 heteroatoms. The number of nitrogens with zero attached hydrogens (tertiary/aromatic N) is 1. The lowest BCUT2D eigenvalue weighted by Crippen LogP contribution is -2.26. The highest BCUT2D eigenvalue weighted by atomic mass is 16.4. The quantitative estimate of drug-likeness (QED) is 0.789. The van der Waals surface area contributed by atoms with Gasteiger partial charge in [-0.1, -0.05) is 25.1 Å². The lowest BCUT2D eigenvalue weighted by molar-refractivity contribution is -0.137. The van der Waals surface area contributed by atoms with Gasteiger partial charge in [0.1, 0.15) is 0 Å². The van der Waals surface area contributed by atoms with E-state index in [9.17, 15) is 4.79 Å². The molecule has 17 heavy (non-hydrogen) atoms. The molecule has 94 valence electrons. The number of anilines is 1. The Morgan fingerprint density at radius 3 is 2.59 bits per heavy atom. The predicted octanol–water partition coefficient (Wildman–Crippen LogP) is 3.08. The third-order valence-electron chi connectivity index (χ3n) is 2.77. The second-order valence-corrected chi connectivity index (χ2v) is 4.27. The Bertz CT molecular complexity index is 363. The van der Waals surface area contributed by atoms with Crippen molar-refractivity contribution in [3.8, 4) is 0 Å². The van der Waals surface area contributed by atoms with Crippen LogP contribution in [-0.2, 0) is 4.79 Å². The summed E-state index contributed by atoms with van der Waals surface area (Å²) in [7, 11) is 0. The fraction of sp³-hybridized carbons (Fsp3) is 0.500. The summed E-state index contributed by atoms with van der Waals surface area (Å²) in [6.45, 7) is 6.02. The molecule has 3 nitrogen and oxygen atoms in total. The second kappa shape index (κ2) is 6.94. The van der Waals surface area contributed by atoms with Crippen molar-refractivity contribution in [3.63, 3.8) is 0 Å². The Kier molecular flexibility index (Phi) is 5.53. The molecule has 0 fully saturated rings. The Hall–Kier alpha value is -1.51. The minimum atomic E-state index is -0.716. The number of rotatable bonds is 7. The minimum absolute atomic E-state index is 0.242. The topological polar surface area (TPSA) is 40.5 Å². The molecule has 0 aliphatic carbocycles. The van der Waals surface area contributed by atoms with Gasteiger partial charge in [0, 0.05) is 25.2 Å². The lowest BCUT2D eigenvalue weighted by atomic mass is 10.1. The van der Waals surface area contributed by atoms with Gasteiger partial charge in [0.2, 0.25) is 0 Å². The summed E-state index contributed by atoms with van der Waals surface area (Å²) < 4.78 is 0. The monoisotopic (exact) mass is 235 g/mol. The number of carboxylic acids is 1. The molecule has 1 rings (SSSR count). The van der Waals surface area contributed by atoms with Crippen LogP contribution in [0.5, 0.6) is 0 Å². The van der Waals surface area contributed by atoms with Crippen molar-refractivity contribution in [3.05, 3.63) is 29.8 Å². The first-order valence-electron chi connectivity index (χ1n) is 6.17. The average molecular weight is 235 g/mol. The summed E-state index contributed by atoms with van der Waals surface area (Å²) >= 11 is 0. The molecule has 1 aromatic carbocycles. The number of para-hydroxylation sites is 1. The van der Waals surface area contributed by atoms with Gasteiger partial charge < -0.3 is 10.0 Å². The van der Waals surface area contributed by atoms with Crippen molar-refractivity contribution in [2.75, 3.05) is 18.0 Å². The normalized spacial score (nSPS) is 10.2. The third-order valence-corrected chi connectivity index (χ3v) is 2.77. The summed E-state index contributed by atoms with van der Waals surface area (Å²) in [5.41, 5.74) is 2.47. The SMILES string of the molecule is CCCN(CCCC(=O)O)c1ccccc1C. The van der Waals surface area contributed by atoms with E-state index in [2.05, 4.69) is 30.9 Å². The first kappa shape index (κ1) is 13.6. The smallest absolute Gasteiger partial charge is 0.303 e. The van der Waals surface area contributed by atoms with Gasteiger partial charge in [-0.05, 0) is 31.4 Å². The van der Waals surface area contributed by atoms with Crippen molar-refractivity contribution in [1.29, 1.82) is 0 Å². The number of hydrogen-bond acceptors (Lipinski definition) is 2. The van der Waals surface area contributed by atoms with Crippen LogP contribution >= 0.6 is 0 Å². The van der Waals surface area contributed by atoms with Crippen LogP contribution in [0.1, 0.15) is 31.7 Å². The molecule has 0 spiro atoms. The third kappa shape index (κ3) is 4.47. The van der Waals surface area contributed by atoms with Gasteiger partial charge in [0.15, 0.2) is 0 Å². The van der Waals surface area contributed by atoms with Crippen LogP contribution in [0, 0.1) is 6.92 Å². The summed E-state index contributed by atoms with van der Waals surface area (Å²) in [6, 6.07) is 8.25.